The molecular weight excluding hydrogens is 300 g/mol. The van der Waals surface area contributed by atoms with Crippen LogP contribution in [0.25, 0.3) is 11.1 Å². The maximum atomic E-state index is 11.4. The lowest BCUT2D eigenvalue weighted by atomic mass is 9.92. The van der Waals surface area contributed by atoms with Crippen LogP contribution in [-0.2, 0) is 11.2 Å². The molecule has 0 amide bonds. The molecule has 0 saturated carbocycles. The Labute approximate surface area is 132 Å². The molecule has 0 aliphatic carbocycles. The molecule has 0 heterocycles. The first-order valence-electron chi connectivity index (χ1n) is 6.78. The lowest BCUT2D eigenvalue weighted by Crippen LogP contribution is -2.10. The number of benzene rings is 2. The van der Waals surface area contributed by atoms with Crippen molar-refractivity contribution >= 4 is 11.9 Å². The van der Waals surface area contributed by atoms with Gasteiger partial charge in [-0.15, -0.1) is 0 Å². The summed E-state index contributed by atoms with van der Waals surface area (Å²) in [6.07, 6.45) is -0.405. The summed E-state index contributed by atoms with van der Waals surface area (Å²) in [5.74, 6) is -1.39. The maximum Gasteiger partial charge on any atom is 0.336 e. The fourth-order valence-corrected chi connectivity index (χ4v) is 2.48. The monoisotopic (exact) mass is 316 g/mol. The molecule has 2 aromatic carbocycles. The predicted molar refractivity (Wildman–Crippen MR) is 83.3 cm³/mol. The number of aliphatic carboxylic acids is 1. The van der Waals surface area contributed by atoms with Crippen LogP contribution >= 0.6 is 0 Å². The average Bonchev–Trinajstić information content (AvgIpc) is 2.53. The number of hydrogen-bond donors (Lipinski definition) is 2. The second-order valence-corrected chi connectivity index (χ2v) is 4.75. The molecular formula is C17H16O6. The van der Waals surface area contributed by atoms with Crippen LogP contribution in [0.15, 0.2) is 36.4 Å². The Hall–Kier alpha value is -3.02. The Kier molecular flexibility index (Phi) is 4.85. The predicted octanol–water partition coefficient (Wildman–Crippen LogP) is 2.70. The lowest BCUT2D eigenvalue weighted by Gasteiger charge is -2.16. The Morgan fingerprint density at radius 2 is 1.61 bits per heavy atom. The molecule has 0 saturated heterocycles. The number of rotatable bonds is 6. The highest BCUT2D eigenvalue weighted by atomic mass is 16.5. The highest BCUT2D eigenvalue weighted by molar-refractivity contribution is 5.95. The van der Waals surface area contributed by atoms with Gasteiger partial charge in [-0.05, 0) is 23.3 Å². The van der Waals surface area contributed by atoms with Crippen LogP contribution in [0.2, 0.25) is 0 Å². The zero-order chi connectivity index (χ0) is 17.0. The first-order chi connectivity index (χ1) is 11.0. The third-order valence-corrected chi connectivity index (χ3v) is 3.43. The molecule has 0 bridgehead atoms. The number of ether oxygens (including phenoxy) is 2. The average molecular weight is 316 g/mol. The van der Waals surface area contributed by atoms with Gasteiger partial charge in [0.25, 0.3) is 0 Å². The van der Waals surface area contributed by atoms with E-state index in [1.807, 2.05) is 0 Å². The van der Waals surface area contributed by atoms with Crippen molar-refractivity contribution in [2.45, 2.75) is 6.42 Å². The van der Waals surface area contributed by atoms with E-state index in [1.54, 1.807) is 30.3 Å². The second-order valence-electron chi connectivity index (χ2n) is 4.75. The third-order valence-electron chi connectivity index (χ3n) is 3.43. The maximum absolute atomic E-state index is 11.4. The number of methoxy groups -OCH3 is 2. The summed E-state index contributed by atoms with van der Waals surface area (Å²) < 4.78 is 10.6. The minimum absolute atomic E-state index is 0.0465. The normalized spacial score (nSPS) is 10.2. The van der Waals surface area contributed by atoms with Gasteiger partial charge < -0.3 is 19.7 Å². The van der Waals surface area contributed by atoms with Gasteiger partial charge in [-0.1, -0.05) is 24.3 Å². The van der Waals surface area contributed by atoms with Gasteiger partial charge in [0.15, 0.2) is 11.5 Å². The minimum Gasteiger partial charge on any atom is -0.493 e. The molecule has 120 valence electrons. The van der Waals surface area contributed by atoms with Gasteiger partial charge in [0.05, 0.1) is 26.2 Å². The summed E-state index contributed by atoms with van der Waals surface area (Å²) in [5.41, 5.74) is 1.24. The van der Waals surface area contributed by atoms with E-state index in [9.17, 15) is 14.7 Å². The summed E-state index contributed by atoms with van der Waals surface area (Å²) in [6.45, 7) is 0. The van der Waals surface area contributed by atoms with Crippen molar-refractivity contribution < 1.29 is 29.3 Å². The van der Waals surface area contributed by atoms with E-state index in [-0.39, 0.29) is 11.1 Å². The third kappa shape index (κ3) is 3.26. The zero-order valence-corrected chi connectivity index (χ0v) is 12.7. The Morgan fingerprint density at radius 1 is 0.957 bits per heavy atom. The van der Waals surface area contributed by atoms with Crippen LogP contribution in [0.1, 0.15) is 15.9 Å². The number of aromatic carboxylic acids is 1. The molecule has 23 heavy (non-hydrogen) atoms. The largest absolute Gasteiger partial charge is 0.493 e. The Bertz CT molecular complexity index is 751. The molecule has 6 heteroatoms. The van der Waals surface area contributed by atoms with E-state index in [0.29, 0.717) is 22.6 Å². The van der Waals surface area contributed by atoms with Gasteiger partial charge in [0.1, 0.15) is 0 Å². The molecule has 2 aromatic rings. The van der Waals surface area contributed by atoms with Crippen molar-refractivity contribution in [1.29, 1.82) is 0 Å². The highest BCUT2D eigenvalue weighted by Gasteiger charge is 2.20. The fraction of sp³-hybridized carbons (Fsp3) is 0.176. The number of para-hydroxylation sites is 1. The minimum atomic E-state index is -1.18. The lowest BCUT2D eigenvalue weighted by molar-refractivity contribution is -0.136. The molecule has 6 nitrogen and oxygen atoms in total. The molecule has 0 atom stereocenters. The summed E-state index contributed by atoms with van der Waals surface area (Å²) in [4.78, 5) is 22.6. The first-order valence-corrected chi connectivity index (χ1v) is 6.78. The van der Waals surface area contributed by atoms with Gasteiger partial charge in [-0.25, -0.2) is 4.79 Å². The van der Waals surface area contributed by atoms with Crippen molar-refractivity contribution in [3.8, 4) is 22.6 Å². The molecule has 0 fully saturated rings. The van der Waals surface area contributed by atoms with Gasteiger partial charge in [0, 0.05) is 5.56 Å². The highest BCUT2D eigenvalue weighted by Crippen LogP contribution is 2.40. The van der Waals surface area contributed by atoms with Crippen molar-refractivity contribution in [3.05, 3.63) is 47.5 Å². The molecule has 0 radical (unpaired) electrons. The number of carboxylic acid groups (broad SMARTS) is 2. The summed E-state index contributed by atoms with van der Waals surface area (Å²) in [5, 5.41) is 18.5. The van der Waals surface area contributed by atoms with Crippen LogP contribution in [-0.4, -0.2) is 36.4 Å². The summed E-state index contributed by atoms with van der Waals surface area (Å²) in [6, 6.07) is 9.80. The Morgan fingerprint density at radius 3 is 2.17 bits per heavy atom. The van der Waals surface area contributed by atoms with Crippen LogP contribution in [0.5, 0.6) is 11.5 Å². The molecule has 2 N–H and O–H groups in total. The summed E-state index contributed by atoms with van der Waals surface area (Å²) >= 11 is 0. The number of hydrogen-bond acceptors (Lipinski definition) is 4. The van der Waals surface area contributed by atoms with Gasteiger partial charge in [0.2, 0.25) is 0 Å². The smallest absolute Gasteiger partial charge is 0.336 e. The number of carbonyl (C=O) groups is 2. The van der Waals surface area contributed by atoms with E-state index >= 15 is 0 Å². The van der Waals surface area contributed by atoms with Crippen LogP contribution < -0.4 is 9.47 Å². The van der Waals surface area contributed by atoms with Crippen molar-refractivity contribution in [2.75, 3.05) is 14.2 Å². The molecule has 0 aliphatic heterocycles. The topological polar surface area (TPSA) is 93.1 Å². The molecule has 0 aliphatic rings. The van der Waals surface area contributed by atoms with Crippen LogP contribution in [0.4, 0.5) is 0 Å². The van der Waals surface area contributed by atoms with E-state index in [0.717, 1.165) is 0 Å². The van der Waals surface area contributed by atoms with Crippen molar-refractivity contribution in [3.63, 3.8) is 0 Å². The number of carboxylic acids is 2. The first kappa shape index (κ1) is 16.4. The van der Waals surface area contributed by atoms with E-state index < -0.39 is 18.4 Å². The molecule has 0 unspecified atom stereocenters. The second kappa shape index (κ2) is 6.83. The van der Waals surface area contributed by atoms with Crippen molar-refractivity contribution in [2.24, 2.45) is 0 Å². The molecule has 0 spiro atoms. The summed E-state index contributed by atoms with van der Waals surface area (Å²) in [7, 11) is 2.97. The SMILES string of the molecule is COc1cccc(-c2cccc(C(=O)O)c2CC(=O)O)c1OC. The van der Waals surface area contributed by atoms with Crippen molar-refractivity contribution in [1.82, 2.24) is 0 Å². The van der Waals surface area contributed by atoms with Crippen LogP contribution in [0.3, 0.4) is 0 Å². The molecule has 2 rings (SSSR count). The van der Waals surface area contributed by atoms with E-state index in [1.165, 1.54) is 20.3 Å². The Balaban J connectivity index is 2.75. The van der Waals surface area contributed by atoms with E-state index in [2.05, 4.69) is 0 Å². The molecule has 0 aromatic heterocycles. The van der Waals surface area contributed by atoms with Gasteiger partial charge >= 0.3 is 11.9 Å². The quantitative estimate of drug-likeness (QED) is 0.851. The van der Waals surface area contributed by atoms with Gasteiger partial charge in [-0.2, -0.15) is 0 Å². The van der Waals surface area contributed by atoms with Gasteiger partial charge in [-0.3, -0.25) is 4.79 Å². The van der Waals surface area contributed by atoms with E-state index in [4.69, 9.17) is 14.6 Å². The van der Waals surface area contributed by atoms with Crippen LogP contribution in [0, 0.1) is 0 Å². The fourth-order valence-electron chi connectivity index (χ4n) is 2.48. The standard InChI is InChI=1S/C17H16O6/c1-22-14-8-4-6-11(16(14)23-2)10-5-3-7-12(17(20)21)13(10)9-15(18)19/h3-8H,9H2,1-2H3,(H,18,19)(H,20,21). The zero-order valence-electron chi connectivity index (χ0n) is 12.7.